The lowest BCUT2D eigenvalue weighted by Gasteiger charge is -2.19. The van der Waals surface area contributed by atoms with E-state index in [0.29, 0.717) is 13.2 Å². The Labute approximate surface area is 144 Å². The van der Waals surface area contributed by atoms with E-state index < -0.39 is 17.5 Å². The van der Waals surface area contributed by atoms with Crippen LogP contribution in [0.1, 0.15) is 11.1 Å². The molecule has 0 amide bonds. The number of nitrogens with zero attached hydrogens (tertiary/aromatic N) is 2. The SMILES string of the molecule is O=[N+]([O-])N=C1N[C@@H](OCc2ccccc2)[C@H](OCc2ccccc2)N1. The number of hydrogen-bond donors (Lipinski definition) is 2. The highest BCUT2D eigenvalue weighted by Gasteiger charge is 2.33. The molecule has 0 aliphatic carbocycles. The topological polar surface area (TPSA) is 98.0 Å². The van der Waals surface area contributed by atoms with E-state index in [-0.39, 0.29) is 5.96 Å². The third-order valence-corrected chi connectivity index (χ3v) is 3.56. The molecular formula is C17H18N4O4. The van der Waals surface area contributed by atoms with E-state index in [2.05, 4.69) is 15.7 Å². The Morgan fingerprint density at radius 3 is 1.72 bits per heavy atom. The molecule has 0 radical (unpaired) electrons. The van der Waals surface area contributed by atoms with Gasteiger partial charge in [-0.25, -0.2) is 10.1 Å². The Morgan fingerprint density at radius 2 is 1.32 bits per heavy atom. The van der Waals surface area contributed by atoms with Gasteiger partial charge >= 0.3 is 0 Å². The molecule has 2 aromatic carbocycles. The van der Waals surface area contributed by atoms with Crippen LogP contribution < -0.4 is 10.6 Å². The van der Waals surface area contributed by atoms with Gasteiger partial charge in [0, 0.05) is 0 Å². The van der Waals surface area contributed by atoms with Crippen LogP contribution in [0.3, 0.4) is 0 Å². The van der Waals surface area contributed by atoms with Crippen LogP contribution in [0.2, 0.25) is 0 Å². The average Bonchev–Trinajstić information content (AvgIpc) is 3.01. The van der Waals surface area contributed by atoms with E-state index in [0.717, 1.165) is 11.1 Å². The maximum Gasteiger partial charge on any atom is 0.273 e. The Bertz CT molecular complexity index is 670. The third kappa shape index (κ3) is 5.00. The van der Waals surface area contributed by atoms with E-state index >= 15 is 0 Å². The normalized spacial score (nSPS) is 19.1. The van der Waals surface area contributed by atoms with Crippen molar-refractivity contribution in [2.45, 2.75) is 25.7 Å². The van der Waals surface area contributed by atoms with Crippen LogP contribution in [0, 0.1) is 10.1 Å². The van der Waals surface area contributed by atoms with Gasteiger partial charge in [-0.15, -0.1) is 0 Å². The van der Waals surface area contributed by atoms with E-state index in [1.165, 1.54) is 0 Å². The van der Waals surface area contributed by atoms with Crippen molar-refractivity contribution in [1.29, 1.82) is 0 Å². The fourth-order valence-corrected chi connectivity index (χ4v) is 2.38. The van der Waals surface area contributed by atoms with Crippen LogP contribution >= 0.6 is 0 Å². The molecule has 2 atom stereocenters. The number of ether oxygens (including phenoxy) is 2. The molecule has 1 aliphatic rings. The molecule has 2 aromatic rings. The molecule has 1 heterocycles. The van der Waals surface area contributed by atoms with Gasteiger partial charge in [0.1, 0.15) is 5.10 Å². The van der Waals surface area contributed by atoms with Crippen molar-refractivity contribution in [1.82, 2.24) is 10.6 Å². The number of nitrogens with one attached hydrogen (secondary N) is 2. The summed E-state index contributed by atoms with van der Waals surface area (Å²) in [6.45, 7) is 0.689. The zero-order valence-corrected chi connectivity index (χ0v) is 13.4. The summed E-state index contributed by atoms with van der Waals surface area (Å²) in [5, 5.41) is 18.7. The summed E-state index contributed by atoms with van der Waals surface area (Å²) >= 11 is 0. The fraction of sp³-hybridized carbons (Fsp3) is 0.235. The van der Waals surface area contributed by atoms with Gasteiger partial charge in [-0.2, -0.15) is 0 Å². The monoisotopic (exact) mass is 342 g/mol. The van der Waals surface area contributed by atoms with Crippen LogP contribution in [0.5, 0.6) is 0 Å². The molecule has 2 N–H and O–H groups in total. The average molecular weight is 342 g/mol. The predicted octanol–water partition coefficient (Wildman–Crippen LogP) is 1.81. The van der Waals surface area contributed by atoms with Gasteiger partial charge in [-0.3, -0.25) is 0 Å². The number of benzene rings is 2. The fourth-order valence-electron chi connectivity index (χ4n) is 2.38. The van der Waals surface area contributed by atoms with Crippen molar-refractivity contribution in [3.05, 3.63) is 81.9 Å². The van der Waals surface area contributed by atoms with Crippen molar-refractivity contribution in [3.8, 4) is 0 Å². The predicted molar refractivity (Wildman–Crippen MR) is 90.7 cm³/mol. The zero-order chi connectivity index (χ0) is 17.5. The van der Waals surface area contributed by atoms with Gasteiger partial charge in [0.15, 0.2) is 17.5 Å². The second-order valence-electron chi connectivity index (χ2n) is 5.41. The van der Waals surface area contributed by atoms with Gasteiger partial charge in [0.25, 0.3) is 5.96 Å². The summed E-state index contributed by atoms with van der Waals surface area (Å²) in [6, 6.07) is 19.3. The van der Waals surface area contributed by atoms with Crippen molar-refractivity contribution < 1.29 is 14.5 Å². The summed E-state index contributed by atoms with van der Waals surface area (Å²) in [6.07, 6.45) is -1.19. The Morgan fingerprint density at radius 1 is 0.880 bits per heavy atom. The first-order chi connectivity index (χ1) is 12.2. The molecule has 0 spiro atoms. The largest absolute Gasteiger partial charge is 0.349 e. The van der Waals surface area contributed by atoms with E-state index in [1.807, 2.05) is 60.7 Å². The van der Waals surface area contributed by atoms with E-state index in [1.54, 1.807) is 0 Å². The van der Waals surface area contributed by atoms with Crippen LogP contribution in [-0.4, -0.2) is 23.4 Å². The van der Waals surface area contributed by atoms with Crippen LogP contribution in [0.25, 0.3) is 0 Å². The standard InChI is InChI=1S/C17H18N4O4/c22-21(23)20-17-18-15(24-11-13-7-3-1-4-8-13)16(19-17)25-12-14-9-5-2-6-10-14/h1-10,15-16H,11-12H2,(H2,18,19,20)/t15-,16-/m0/s1. The first-order valence-corrected chi connectivity index (χ1v) is 7.78. The van der Waals surface area contributed by atoms with Gasteiger partial charge < -0.3 is 20.1 Å². The first kappa shape index (κ1) is 16.9. The lowest BCUT2D eigenvalue weighted by molar-refractivity contribution is -0.485. The Kier molecular flexibility index (Phi) is 5.55. The number of hydrazone groups is 1. The molecule has 1 aliphatic heterocycles. The number of nitro groups is 1. The molecule has 0 aromatic heterocycles. The van der Waals surface area contributed by atoms with Gasteiger partial charge in [0.2, 0.25) is 0 Å². The van der Waals surface area contributed by atoms with Crippen molar-refractivity contribution in [2.24, 2.45) is 5.10 Å². The Hall–Kier alpha value is -2.97. The quantitative estimate of drug-likeness (QED) is 0.588. The molecule has 1 saturated heterocycles. The minimum atomic E-state index is -0.775. The minimum absolute atomic E-state index is 0.0149. The summed E-state index contributed by atoms with van der Waals surface area (Å²) < 4.78 is 11.6. The highest BCUT2D eigenvalue weighted by Crippen LogP contribution is 2.12. The lowest BCUT2D eigenvalue weighted by Crippen LogP contribution is -2.37. The maximum atomic E-state index is 10.6. The van der Waals surface area contributed by atoms with Crippen molar-refractivity contribution >= 4 is 5.96 Å². The minimum Gasteiger partial charge on any atom is -0.349 e. The molecule has 1 fully saturated rings. The molecule has 3 rings (SSSR count). The van der Waals surface area contributed by atoms with Crippen LogP contribution in [0.15, 0.2) is 65.8 Å². The van der Waals surface area contributed by atoms with E-state index in [9.17, 15) is 10.1 Å². The molecular weight excluding hydrogens is 324 g/mol. The molecule has 25 heavy (non-hydrogen) atoms. The lowest BCUT2D eigenvalue weighted by atomic mass is 10.2. The molecule has 0 bridgehead atoms. The molecule has 130 valence electrons. The smallest absolute Gasteiger partial charge is 0.273 e. The van der Waals surface area contributed by atoms with E-state index in [4.69, 9.17) is 9.47 Å². The molecule has 0 saturated carbocycles. The van der Waals surface area contributed by atoms with Gasteiger partial charge in [-0.05, 0) is 11.1 Å². The summed E-state index contributed by atoms with van der Waals surface area (Å²) in [5.41, 5.74) is 1.98. The first-order valence-electron chi connectivity index (χ1n) is 7.78. The van der Waals surface area contributed by atoms with Gasteiger partial charge in [0.05, 0.1) is 13.2 Å². The molecule has 0 unspecified atom stereocenters. The maximum absolute atomic E-state index is 10.6. The number of guanidine groups is 1. The Balaban J connectivity index is 1.62. The molecule has 8 heteroatoms. The summed E-state index contributed by atoms with van der Waals surface area (Å²) in [7, 11) is 0. The van der Waals surface area contributed by atoms with Gasteiger partial charge in [-0.1, -0.05) is 60.7 Å². The van der Waals surface area contributed by atoms with Crippen LogP contribution in [-0.2, 0) is 22.7 Å². The van der Waals surface area contributed by atoms with Crippen LogP contribution in [0.4, 0.5) is 0 Å². The number of rotatable bonds is 7. The van der Waals surface area contributed by atoms with Crippen molar-refractivity contribution in [3.63, 3.8) is 0 Å². The zero-order valence-electron chi connectivity index (χ0n) is 13.4. The second-order valence-corrected chi connectivity index (χ2v) is 5.41. The highest BCUT2D eigenvalue weighted by atomic mass is 16.7. The second kappa shape index (κ2) is 8.22. The molecule has 8 nitrogen and oxygen atoms in total. The number of hydrogen-bond acceptors (Lipinski definition) is 4. The summed E-state index contributed by atoms with van der Waals surface area (Å²) in [5.74, 6) is 0.0149. The third-order valence-electron chi connectivity index (χ3n) is 3.56. The summed E-state index contributed by atoms with van der Waals surface area (Å²) in [4.78, 5) is 10.6. The highest BCUT2D eigenvalue weighted by molar-refractivity contribution is 5.81. The van der Waals surface area contributed by atoms with Crippen molar-refractivity contribution in [2.75, 3.05) is 0 Å².